The molecule has 0 aromatic carbocycles. The number of oxime groups is 1. The number of hydrogen-bond acceptors (Lipinski definition) is 3. The van der Waals surface area contributed by atoms with E-state index in [1.165, 1.54) is 7.11 Å². The minimum Gasteiger partial charge on any atom is -0.399 e. The maximum atomic E-state index is 9.97. The van der Waals surface area contributed by atoms with E-state index < -0.39 is 0 Å². The Morgan fingerprint density at radius 1 is 1.78 bits per heavy atom. The minimum absolute atomic E-state index is 0.622. The highest BCUT2D eigenvalue weighted by atomic mass is 16.6. The summed E-state index contributed by atoms with van der Waals surface area (Å²) in [4.78, 5) is 16.1. The van der Waals surface area contributed by atoms with Crippen molar-refractivity contribution in [3.63, 3.8) is 0 Å². The zero-order valence-corrected chi connectivity index (χ0v) is 5.20. The molecule has 4 heteroatoms. The van der Waals surface area contributed by atoms with Gasteiger partial charge in [-0.15, -0.1) is 0 Å². The van der Waals surface area contributed by atoms with Crippen molar-refractivity contribution in [3.05, 3.63) is 0 Å². The highest BCUT2D eigenvalue weighted by molar-refractivity contribution is 5.95. The number of carbonyl (C=O) groups is 1. The van der Waals surface area contributed by atoms with Gasteiger partial charge in [0, 0.05) is 0 Å². The van der Waals surface area contributed by atoms with Gasteiger partial charge in [-0.05, 0) is 0 Å². The third-order valence-electron chi connectivity index (χ3n) is 1.14. The van der Waals surface area contributed by atoms with Crippen molar-refractivity contribution in [2.75, 3.05) is 20.2 Å². The molecule has 1 aliphatic heterocycles. The van der Waals surface area contributed by atoms with Gasteiger partial charge >= 0.3 is 0 Å². The van der Waals surface area contributed by atoms with Crippen molar-refractivity contribution >= 4 is 12.1 Å². The summed E-state index contributed by atoms with van der Waals surface area (Å²) in [5, 5.41) is 3.64. The fourth-order valence-corrected chi connectivity index (χ4v) is 0.684. The SMILES string of the molecule is CON=C1CN(C=O)C1. The molecule has 0 bridgehead atoms. The molecule has 0 aliphatic carbocycles. The molecular weight excluding hydrogens is 120 g/mol. The van der Waals surface area contributed by atoms with E-state index >= 15 is 0 Å². The van der Waals surface area contributed by atoms with E-state index in [-0.39, 0.29) is 0 Å². The van der Waals surface area contributed by atoms with Crippen molar-refractivity contribution in [3.8, 4) is 0 Å². The number of likely N-dealkylation sites (tertiary alicyclic amines) is 1. The van der Waals surface area contributed by atoms with Crippen molar-refractivity contribution < 1.29 is 9.63 Å². The summed E-state index contributed by atoms with van der Waals surface area (Å²) in [7, 11) is 1.50. The molecular formula is C5H8N2O2. The molecule has 0 aromatic heterocycles. The maximum Gasteiger partial charge on any atom is 0.210 e. The van der Waals surface area contributed by atoms with Crippen LogP contribution in [-0.4, -0.2) is 37.2 Å². The van der Waals surface area contributed by atoms with Crippen molar-refractivity contribution in [1.29, 1.82) is 0 Å². The standard InChI is InChI=1S/C5H8N2O2/c1-9-6-5-2-7(3-5)4-8/h4H,2-3H2,1H3. The molecule has 0 radical (unpaired) electrons. The van der Waals surface area contributed by atoms with Gasteiger partial charge in [0.05, 0.1) is 18.8 Å². The van der Waals surface area contributed by atoms with Crippen LogP contribution >= 0.6 is 0 Å². The van der Waals surface area contributed by atoms with E-state index in [0.717, 1.165) is 12.1 Å². The molecule has 1 amide bonds. The molecule has 9 heavy (non-hydrogen) atoms. The quantitative estimate of drug-likeness (QED) is 0.370. The van der Waals surface area contributed by atoms with Gasteiger partial charge in [0.1, 0.15) is 7.11 Å². The highest BCUT2D eigenvalue weighted by Crippen LogP contribution is 1.99. The van der Waals surface area contributed by atoms with Crippen LogP contribution in [0.5, 0.6) is 0 Å². The number of amides is 1. The molecule has 0 aromatic rings. The molecule has 1 heterocycles. The van der Waals surface area contributed by atoms with Crippen LogP contribution in [0.2, 0.25) is 0 Å². The number of rotatable bonds is 2. The monoisotopic (exact) mass is 128 g/mol. The predicted molar refractivity (Wildman–Crippen MR) is 32.1 cm³/mol. The Morgan fingerprint density at radius 2 is 2.44 bits per heavy atom. The molecule has 1 fully saturated rings. The Kier molecular flexibility index (Phi) is 1.67. The second-order valence-corrected chi connectivity index (χ2v) is 1.85. The zero-order chi connectivity index (χ0) is 6.69. The summed E-state index contributed by atoms with van der Waals surface area (Å²) in [5.74, 6) is 0. The molecule has 1 aliphatic rings. The van der Waals surface area contributed by atoms with Crippen molar-refractivity contribution in [2.24, 2.45) is 5.16 Å². The number of nitrogens with zero attached hydrogens (tertiary/aromatic N) is 2. The Morgan fingerprint density at radius 3 is 2.89 bits per heavy atom. The van der Waals surface area contributed by atoms with Gasteiger partial charge < -0.3 is 9.74 Å². The lowest BCUT2D eigenvalue weighted by Gasteiger charge is -2.27. The van der Waals surface area contributed by atoms with Crippen LogP contribution in [-0.2, 0) is 9.63 Å². The molecule has 50 valence electrons. The van der Waals surface area contributed by atoms with Crippen LogP contribution < -0.4 is 0 Å². The highest BCUT2D eigenvalue weighted by Gasteiger charge is 2.19. The molecule has 0 spiro atoms. The van der Waals surface area contributed by atoms with E-state index in [9.17, 15) is 4.79 Å². The summed E-state index contributed by atoms with van der Waals surface area (Å²) < 4.78 is 0. The smallest absolute Gasteiger partial charge is 0.210 e. The van der Waals surface area contributed by atoms with Crippen LogP contribution in [0, 0.1) is 0 Å². The van der Waals surface area contributed by atoms with E-state index in [4.69, 9.17) is 0 Å². The maximum absolute atomic E-state index is 9.97. The Hall–Kier alpha value is -1.06. The van der Waals surface area contributed by atoms with Gasteiger partial charge in [0.2, 0.25) is 6.41 Å². The lowest BCUT2D eigenvalue weighted by Crippen LogP contribution is -2.46. The fourth-order valence-electron chi connectivity index (χ4n) is 0.684. The topological polar surface area (TPSA) is 41.9 Å². The second kappa shape index (κ2) is 2.48. The predicted octanol–water partition coefficient (Wildman–Crippen LogP) is -0.539. The first-order valence-electron chi connectivity index (χ1n) is 2.65. The molecule has 0 unspecified atom stereocenters. The third-order valence-corrected chi connectivity index (χ3v) is 1.14. The average molecular weight is 128 g/mol. The van der Waals surface area contributed by atoms with Crippen molar-refractivity contribution in [1.82, 2.24) is 4.90 Å². The molecule has 0 atom stereocenters. The van der Waals surface area contributed by atoms with Gasteiger partial charge in [0.15, 0.2) is 0 Å². The third kappa shape index (κ3) is 1.19. The van der Waals surface area contributed by atoms with Gasteiger partial charge in [-0.1, -0.05) is 5.16 Å². The van der Waals surface area contributed by atoms with E-state index in [2.05, 4.69) is 9.99 Å². The van der Waals surface area contributed by atoms with Crippen LogP contribution in [0.1, 0.15) is 0 Å². The van der Waals surface area contributed by atoms with Gasteiger partial charge in [-0.3, -0.25) is 4.79 Å². The normalized spacial score (nSPS) is 16.6. The van der Waals surface area contributed by atoms with Crippen molar-refractivity contribution in [2.45, 2.75) is 0 Å². The lowest BCUT2D eigenvalue weighted by molar-refractivity contribution is -0.118. The van der Waals surface area contributed by atoms with E-state index in [0.29, 0.717) is 13.1 Å². The number of carbonyl (C=O) groups excluding carboxylic acids is 1. The fraction of sp³-hybridized carbons (Fsp3) is 0.600. The minimum atomic E-state index is 0.622. The molecule has 0 N–H and O–H groups in total. The van der Waals surface area contributed by atoms with Crippen LogP contribution in [0.4, 0.5) is 0 Å². The lowest BCUT2D eigenvalue weighted by atomic mass is 10.2. The van der Waals surface area contributed by atoms with E-state index in [1.54, 1.807) is 4.90 Å². The number of hydrogen-bond donors (Lipinski definition) is 0. The van der Waals surface area contributed by atoms with E-state index in [1.807, 2.05) is 0 Å². The first-order valence-corrected chi connectivity index (χ1v) is 2.65. The molecule has 1 saturated heterocycles. The zero-order valence-electron chi connectivity index (χ0n) is 5.20. The van der Waals surface area contributed by atoms with Gasteiger partial charge in [-0.25, -0.2) is 0 Å². The Bertz CT molecular complexity index is 136. The summed E-state index contributed by atoms with van der Waals surface area (Å²) in [6.45, 7) is 1.24. The first kappa shape index (κ1) is 6.07. The molecule has 4 nitrogen and oxygen atoms in total. The average Bonchev–Trinajstić information content (AvgIpc) is 1.77. The van der Waals surface area contributed by atoms with Crippen LogP contribution in [0.25, 0.3) is 0 Å². The summed E-state index contributed by atoms with van der Waals surface area (Å²) in [6.07, 6.45) is 0.800. The Labute approximate surface area is 53.1 Å². The van der Waals surface area contributed by atoms with Gasteiger partial charge in [-0.2, -0.15) is 0 Å². The van der Waals surface area contributed by atoms with Gasteiger partial charge in [0.25, 0.3) is 0 Å². The molecule has 1 rings (SSSR count). The first-order chi connectivity index (χ1) is 4.36. The second-order valence-electron chi connectivity index (χ2n) is 1.85. The molecule has 0 saturated carbocycles. The summed E-state index contributed by atoms with van der Waals surface area (Å²) in [5.41, 5.74) is 0.921. The summed E-state index contributed by atoms with van der Waals surface area (Å²) in [6, 6.07) is 0. The largest absolute Gasteiger partial charge is 0.399 e. The Balaban J connectivity index is 2.26. The van der Waals surface area contributed by atoms with Crippen LogP contribution in [0.3, 0.4) is 0 Å². The van der Waals surface area contributed by atoms with Crippen LogP contribution in [0.15, 0.2) is 5.16 Å². The summed E-state index contributed by atoms with van der Waals surface area (Å²) >= 11 is 0.